The molecule has 3 heteroatoms. The van der Waals surface area contributed by atoms with Crippen LogP contribution in [0.15, 0.2) is 24.3 Å². The number of aliphatic carboxylic acids is 1. The Morgan fingerprint density at radius 3 is 3.00 bits per heavy atom. The first kappa shape index (κ1) is 9.21. The number of benzene rings is 1. The van der Waals surface area contributed by atoms with Crippen LogP contribution in [0.4, 0.5) is 0 Å². The average molecular weight is 192 g/mol. The van der Waals surface area contributed by atoms with Crippen molar-refractivity contribution in [3.05, 3.63) is 35.4 Å². The molecule has 1 heterocycles. The second-order valence-electron chi connectivity index (χ2n) is 3.39. The lowest BCUT2D eigenvalue weighted by Gasteiger charge is -2.12. The number of hydrogen-bond acceptors (Lipinski definition) is 2. The minimum absolute atomic E-state index is 0.519. The van der Waals surface area contributed by atoms with Crippen LogP contribution in [-0.2, 0) is 16.0 Å². The summed E-state index contributed by atoms with van der Waals surface area (Å²) in [7, 11) is 0. The second-order valence-corrected chi connectivity index (χ2v) is 3.39. The Morgan fingerprint density at radius 1 is 1.43 bits per heavy atom. The zero-order chi connectivity index (χ0) is 9.97. The van der Waals surface area contributed by atoms with Gasteiger partial charge in [0, 0.05) is 6.61 Å². The summed E-state index contributed by atoms with van der Waals surface area (Å²) in [5, 5.41) is 8.99. The van der Waals surface area contributed by atoms with Crippen LogP contribution >= 0.6 is 0 Å². The van der Waals surface area contributed by atoms with Gasteiger partial charge >= 0.3 is 5.97 Å². The molecule has 0 fully saturated rings. The minimum Gasteiger partial charge on any atom is -0.479 e. The molecule has 1 aromatic carbocycles. The summed E-state index contributed by atoms with van der Waals surface area (Å²) in [4.78, 5) is 10.9. The molecule has 1 atom stereocenters. The van der Waals surface area contributed by atoms with E-state index in [9.17, 15) is 4.79 Å². The van der Waals surface area contributed by atoms with Crippen LogP contribution < -0.4 is 0 Å². The zero-order valence-electron chi connectivity index (χ0n) is 7.77. The number of fused-ring (bicyclic) bond motifs is 1. The number of aryl methyl sites for hydroxylation is 1. The molecule has 3 nitrogen and oxygen atoms in total. The van der Waals surface area contributed by atoms with Gasteiger partial charge in [-0.05, 0) is 24.0 Å². The predicted molar refractivity (Wildman–Crippen MR) is 51.1 cm³/mol. The van der Waals surface area contributed by atoms with Crippen LogP contribution in [0.3, 0.4) is 0 Å². The molecule has 0 saturated heterocycles. The van der Waals surface area contributed by atoms with Crippen LogP contribution in [0.5, 0.6) is 0 Å². The molecule has 1 aliphatic heterocycles. The standard InChI is InChI=1S/C11H12O3/c12-11(13)10-9-6-2-1-4-8(9)5-3-7-14-10/h1-2,4,6,10H,3,5,7H2,(H,12,13). The normalized spacial score (nSPS) is 21.0. The number of carboxylic acid groups (broad SMARTS) is 1. The van der Waals surface area contributed by atoms with Crippen LogP contribution in [0, 0.1) is 0 Å². The highest BCUT2D eigenvalue weighted by Crippen LogP contribution is 2.26. The molecule has 0 saturated carbocycles. The summed E-state index contributed by atoms with van der Waals surface area (Å²) < 4.78 is 5.29. The Hall–Kier alpha value is -1.35. The second kappa shape index (κ2) is 3.80. The highest BCUT2D eigenvalue weighted by Gasteiger charge is 2.24. The Balaban J connectivity index is 2.42. The summed E-state index contributed by atoms with van der Waals surface area (Å²) in [5.74, 6) is -0.903. The molecule has 1 aromatic rings. The third-order valence-corrected chi connectivity index (χ3v) is 2.44. The van der Waals surface area contributed by atoms with Gasteiger partial charge in [0.15, 0.2) is 6.10 Å². The fraction of sp³-hybridized carbons (Fsp3) is 0.364. The fourth-order valence-electron chi connectivity index (χ4n) is 1.78. The van der Waals surface area contributed by atoms with Crippen molar-refractivity contribution in [1.82, 2.24) is 0 Å². The van der Waals surface area contributed by atoms with Crippen molar-refractivity contribution in [2.45, 2.75) is 18.9 Å². The van der Waals surface area contributed by atoms with Crippen LogP contribution in [0.1, 0.15) is 23.7 Å². The quantitative estimate of drug-likeness (QED) is 0.737. The maximum Gasteiger partial charge on any atom is 0.337 e. The number of carboxylic acids is 1. The number of ether oxygens (including phenoxy) is 1. The van der Waals surface area contributed by atoms with E-state index in [0.29, 0.717) is 6.61 Å². The van der Waals surface area contributed by atoms with Crippen LogP contribution in [0.2, 0.25) is 0 Å². The molecule has 74 valence electrons. The van der Waals surface area contributed by atoms with E-state index in [0.717, 1.165) is 24.0 Å². The molecule has 1 aliphatic rings. The van der Waals surface area contributed by atoms with Gasteiger partial charge in [-0.2, -0.15) is 0 Å². The number of carbonyl (C=O) groups is 1. The number of rotatable bonds is 1. The highest BCUT2D eigenvalue weighted by molar-refractivity contribution is 5.75. The lowest BCUT2D eigenvalue weighted by molar-refractivity contribution is -0.150. The van der Waals surface area contributed by atoms with Gasteiger partial charge in [-0.25, -0.2) is 4.79 Å². The van der Waals surface area contributed by atoms with Gasteiger partial charge in [0.25, 0.3) is 0 Å². The molecule has 2 rings (SSSR count). The van der Waals surface area contributed by atoms with E-state index in [2.05, 4.69) is 0 Å². The zero-order valence-corrected chi connectivity index (χ0v) is 7.77. The van der Waals surface area contributed by atoms with Crippen molar-refractivity contribution in [3.8, 4) is 0 Å². The van der Waals surface area contributed by atoms with Gasteiger partial charge in [-0.1, -0.05) is 24.3 Å². The monoisotopic (exact) mass is 192 g/mol. The van der Waals surface area contributed by atoms with E-state index in [-0.39, 0.29) is 0 Å². The summed E-state index contributed by atoms with van der Waals surface area (Å²) >= 11 is 0. The fourth-order valence-corrected chi connectivity index (χ4v) is 1.78. The SMILES string of the molecule is O=C(O)C1OCCCc2ccccc21. The molecule has 1 unspecified atom stereocenters. The van der Waals surface area contributed by atoms with Gasteiger partial charge < -0.3 is 9.84 Å². The lowest BCUT2D eigenvalue weighted by Crippen LogP contribution is -2.15. The molecule has 0 spiro atoms. The van der Waals surface area contributed by atoms with Crippen molar-refractivity contribution < 1.29 is 14.6 Å². The van der Waals surface area contributed by atoms with Crippen LogP contribution in [-0.4, -0.2) is 17.7 Å². The summed E-state index contributed by atoms with van der Waals surface area (Å²) in [6.45, 7) is 0.519. The van der Waals surface area contributed by atoms with Crippen LogP contribution in [0.25, 0.3) is 0 Å². The van der Waals surface area contributed by atoms with E-state index in [1.165, 1.54) is 0 Å². The lowest BCUT2D eigenvalue weighted by atomic mass is 10.00. The van der Waals surface area contributed by atoms with Gasteiger partial charge in [0.2, 0.25) is 0 Å². The first-order chi connectivity index (χ1) is 6.79. The average Bonchev–Trinajstić information content (AvgIpc) is 2.39. The minimum atomic E-state index is -0.903. The summed E-state index contributed by atoms with van der Waals surface area (Å²) in [5.41, 5.74) is 1.90. The van der Waals surface area contributed by atoms with E-state index in [4.69, 9.17) is 9.84 Å². The highest BCUT2D eigenvalue weighted by atomic mass is 16.5. The molecule has 0 aromatic heterocycles. The van der Waals surface area contributed by atoms with Crippen molar-refractivity contribution in [2.24, 2.45) is 0 Å². The Kier molecular flexibility index (Phi) is 2.50. The maximum atomic E-state index is 10.9. The Bertz CT molecular complexity index is 346. The summed E-state index contributed by atoms with van der Waals surface area (Å²) in [6.07, 6.45) is 1.01. The number of hydrogen-bond donors (Lipinski definition) is 1. The van der Waals surface area contributed by atoms with Gasteiger partial charge in [0.1, 0.15) is 0 Å². The first-order valence-electron chi connectivity index (χ1n) is 4.71. The topological polar surface area (TPSA) is 46.5 Å². The third kappa shape index (κ3) is 1.63. The van der Waals surface area contributed by atoms with Gasteiger partial charge in [-0.15, -0.1) is 0 Å². The van der Waals surface area contributed by atoms with Gasteiger partial charge in [0.05, 0.1) is 0 Å². The molecule has 0 radical (unpaired) electrons. The van der Waals surface area contributed by atoms with Crippen molar-refractivity contribution in [2.75, 3.05) is 6.61 Å². The smallest absolute Gasteiger partial charge is 0.337 e. The van der Waals surface area contributed by atoms with E-state index >= 15 is 0 Å². The van der Waals surface area contributed by atoms with E-state index < -0.39 is 12.1 Å². The van der Waals surface area contributed by atoms with Crippen molar-refractivity contribution in [3.63, 3.8) is 0 Å². The molecule has 14 heavy (non-hydrogen) atoms. The van der Waals surface area contributed by atoms with E-state index in [1.54, 1.807) is 0 Å². The Morgan fingerprint density at radius 2 is 2.21 bits per heavy atom. The Labute approximate surface area is 82.3 Å². The predicted octanol–water partition coefficient (Wildman–Crippen LogP) is 1.78. The third-order valence-electron chi connectivity index (χ3n) is 2.44. The molecule has 1 N–H and O–H groups in total. The molecular formula is C11H12O3. The maximum absolute atomic E-state index is 10.9. The summed E-state index contributed by atoms with van der Waals surface area (Å²) in [6, 6.07) is 7.59. The van der Waals surface area contributed by atoms with E-state index in [1.807, 2.05) is 24.3 Å². The molecule has 0 aliphatic carbocycles. The first-order valence-corrected chi connectivity index (χ1v) is 4.71. The molecular weight excluding hydrogens is 180 g/mol. The largest absolute Gasteiger partial charge is 0.479 e. The molecule has 0 amide bonds. The van der Waals surface area contributed by atoms with Gasteiger partial charge in [-0.3, -0.25) is 0 Å². The van der Waals surface area contributed by atoms with Crippen molar-refractivity contribution >= 4 is 5.97 Å². The molecule has 0 bridgehead atoms. The van der Waals surface area contributed by atoms with Crippen molar-refractivity contribution in [1.29, 1.82) is 0 Å².